The van der Waals surface area contributed by atoms with Crippen molar-refractivity contribution in [2.75, 3.05) is 40.4 Å². The number of pyridine rings is 2. The van der Waals surface area contributed by atoms with Gasteiger partial charge in [-0.3, -0.25) is 19.8 Å². The van der Waals surface area contributed by atoms with Gasteiger partial charge < -0.3 is 18.9 Å². The van der Waals surface area contributed by atoms with Gasteiger partial charge in [0.25, 0.3) is 0 Å². The van der Waals surface area contributed by atoms with E-state index in [4.69, 9.17) is 18.9 Å². The predicted octanol–water partition coefficient (Wildman–Crippen LogP) is 7.62. The van der Waals surface area contributed by atoms with Gasteiger partial charge in [-0.25, -0.2) is 0 Å². The molecule has 6 fully saturated rings. The maximum absolute atomic E-state index is 6.95. The molecular weight excluding hydrogens is 677 g/mol. The highest BCUT2D eigenvalue weighted by molar-refractivity contribution is 5.85. The van der Waals surface area contributed by atoms with E-state index >= 15 is 0 Å². The molecule has 6 saturated heterocycles. The third kappa shape index (κ3) is 6.35. The van der Waals surface area contributed by atoms with Gasteiger partial charge in [0.05, 0.1) is 37.3 Å². The number of ether oxygens (including phenoxy) is 4. The van der Waals surface area contributed by atoms with Crippen molar-refractivity contribution in [1.29, 1.82) is 0 Å². The van der Waals surface area contributed by atoms with Gasteiger partial charge in [0, 0.05) is 59.5 Å². The SMILES string of the molecule is C=C[C@H]1CN2CC[C@H]1C[C@H]2[C@H](Oc1ccc(O[C@H](c2ccnc3ccc(OC)cc23)[C@@H]2C[C@@H]3CCN2C[C@@H]3C=C)nn1)c1ccnc2ccc(OC)cc12. The lowest BCUT2D eigenvalue weighted by molar-refractivity contribution is -0.0389. The number of hydrogen-bond donors (Lipinski definition) is 0. The van der Waals surface area contributed by atoms with E-state index < -0.39 is 0 Å². The fourth-order valence-electron chi connectivity index (χ4n) is 9.82. The Morgan fingerprint density at radius 2 is 1.11 bits per heavy atom. The molecule has 5 aromatic rings. The molecule has 54 heavy (non-hydrogen) atoms. The van der Waals surface area contributed by atoms with Crippen LogP contribution in [-0.4, -0.2) is 82.4 Å². The van der Waals surface area contributed by atoms with Crippen molar-refractivity contribution >= 4 is 21.8 Å². The number of aromatic nitrogens is 4. The van der Waals surface area contributed by atoms with Gasteiger partial charge in [-0.1, -0.05) is 12.2 Å². The molecule has 278 valence electrons. The van der Waals surface area contributed by atoms with Gasteiger partial charge in [0.2, 0.25) is 11.8 Å². The highest BCUT2D eigenvalue weighted by Gasteiger charge is 2.45. The molecule has 0 aliphatic carbocycles. The topological polar surface area (TPSA) is 95.0 Å². The van der Waals surface area contributed by atoms with E-state index in [-0.39, 0.29) is 24.3 Å². The number of hydrogen-bond acceptors (Lipinski definition) is 10. The summed E-state index contributed by atoms with van der Waals surface area (Å²) in [6.07, 6.45) is 11.8. The summed E-state index contributed by atoms with van der Waals surface area (Å²) in [6, 6.07) is 20.3. The Kier molecular flexibility index (Phi) is 9.41. The molecule has 0 amide bonds. The zero-order valence-corrected chi connectivity index (χ0v) is 31.1. The Bertz CT molecular complexity index is 2010. The molecule has 0 radical (unpaired) electrons. The molecule has 2 aromatic carbocycles. The Morgan fingerprint density at radius 1 is 0.648 bits per heavy atom. The second-order valence-electron chi connectivity index (χ2n) is 15.3. The van der Waals surface area contributed by atoms with Crippen LogP contribution in [-0.2, 0) is 0 Å². The van der Waals surface area contributed by atoms with E-state index in [1.807, 2.05) is 48.8 Å². The van der Waals surface area contributed by atoms with E-state index in [2.05, 4.69) is 79.5 Å². The highest BCUT2D eigenvalue weighted by Crippen LogP contribution is 2.46. The molecule has 3 aromatic heterocycles. The molecule has 11 rings (SSSR count). The summed E-state index contributed by atoms with van der Waals surface area (Å²) in [7, 11) is 3.39. The zero-order valence-electron chi connectivity index (χ0n) is 31.1. The number of benzene rings is 2. The molecule has 2 unspecified atom stereocenters. The first-order valence-corrected chi connectivity index (χ1v) is 19.3. The summed E-state index contributed by atoms with van der Waals surface area (Å²) in [5, 5.41) is 11.4. The van der Waals surface area contributed by atoms with Gasteiger partial charge >= 0.3 is 0 Å². The van der Waals surface area contributed by atoms with Crippen LogP contribution in [0.15, 0.2) is 98.4 Å². The quantitative estimate of drug-likeness (QED) is 0.120. The first-order chi connectivity index (χ1) is 26.5. The smallest absolute Gasteiger partial charge is 0.234 e. The lowest BCUT2D eigenvalue weighted by atomic mass is 9.73. The molecule has 4 bridgehead atoms. The molecule has 6 aliphatic heterocycles. The Balaban J connectivity index is 1.05. The van der Waals surface area contributed by atoms with E-state index in [0.717, 1.165) is 83.5 Å². The number of fused-ring (bicyclic) bond motifs is 8. The monoisotopic (exact) mass is 724 g/mol. The van der Waals surface area contributed by atoms with Crippen molar-refractivity contribution in [1.82, 2.24) is 30.0 Å². The van der Waals surface area contributed by atoms with E-state index in [9.17, 15) is 0 Å². The van der Waals surface area contributed by atoms with Crippen molar-refractivity contribution in [3.05, 3.63) is 109 Å². The molecule has 10 atom stereocenters. The van der Waals surface area contributed by atoms with Crippen molar-refractivity contribution in [3.8, 4) is 23.3 Å². The largest absolute Gasteiger partial charge is 0.497 e. The maximum atomic E-state index is 6.95. The van der Waals surface area contributed by atoms with E-state index in [0.29, 0.717) is 35.4 Å². The summed E-state index contributed by atoms with van der Waals surface area (Å²) in [4.78, 5) is 14.5. The van der Waals surface area contributed by atoms with Gasteiger partial charge in [-0.05, 0) is 111 Å². The minimum atomic E-state index is -0.299. The van der Waals surface area contributed by atoms with Crippen molar-refractivity contribution in [3.63, 3.8) is 0 Å². The number of methoxy groups -OCH3 is 2. The summed E-state index contributed by atoms with van der Waals surface area (Å²) in [5.74, 6) is 4.60. The molecule has 10 nitrogen and oxygen atoms in total. The third-order valence-electron chi connectivity index (χ3n) is 12.7. The lowest BCUT2D eigenvalue weighted by Crippen LogP contribution is -2.55. The Hall–Kier alpha value is -5.06. The first-order valence-electron chi connectivity index (χ1n) is 19.3. The van der Waals surface area contributed by atoms with Crippen molar-refractivity contribution in [2.45, 2.75) is 50.0 Å². The highest BCUT2D eigenvalue weighted by atomic mass is 16.5. The van der Waals surface area contributed by atoms with Crippen LogP contribution in [0.2, 0.25) is 0 Å². The summed E-state index contributed by atoms with van der Waals surface area (Å²) in [6.45, 7) is 12.3. The van der Waals surface area contributed by atoms with Crippen LogP contribution in [0.3, 0.4) is 0 Å². The molecule has 6 aliphatic rings. The minimum absolute atomic E-state index is 0.158. The Morgan fingerprint density at radius 3 is 1.48 bits per heavy atom. The minimum Gasteiger partial charge on any atom is -0.497 e. The summed E-state index contributed by atoms with van der Waals surface area (Å²) >= 11 is 0. The maximum Gasteiger partial charge on any atom is 0.234 e. The average molecular weight is 725 g/mol. The average Bonchev–Trinajstić information content (AvgIpc) is 3.24. The predicted molar refractivity (Wildman–Crippen MR) is 209 cm³/mol. The van der Waals surface area contributed by atoms with Crippen LogP contribution in [0.1, 0.15) is 49.0 Å². The molecule has 10 heteroatoms. The molecule has 0 spiro atoms. The summed E-state index contributed by atoms with van der Waals surface area (Å²) < 4.78 is 25.2. The number of nitrogens with zero attached hydrogens (tertiary/aromatic N) is 6. The van der Waals surface area contributed by atoms with Crippen LogP contribution >= 0.6 is 0 Å². The van der Waals surface area contributed by atoms with Crippen molar-refractivity contribution in [2.24, 2.45) is 23.7 Å². The molecule has 0 saturated carbocycles. The van der Waals surface area contributed by atoms with Crippen LogP contribution in [0.4, 0.5) is 0 Å². The number of piperidine rings is 6. The fraction of sp³-hybridized carbons (Fsp3) is 0.409. The van der Waals surface area contributed by atoms with E-state index in [1.54, 1.807) is 14.2 Å². The summed E-state index contributed by atoms with van der Waals surface area (Å²) in [5.41, 5.74) is 3.92. The van der Waals surface area contributed by atoms with Crippen LogP contribution in [0, 0.1) is 23.7 Å². The second kappa shape index (κ2) is 14.6. The first kappa shape index (κ1) is 34.7. The molecule has 9 heterocycles. The number of rotatable bonds is 12. The van der Waals surface area contributed by atoms with Gasteiger partial charge in [-0.2, -0.15) is 0 Å². The van der Waals surface area contributed by atoms with Crippen molar-refractivity contribution < 1.29 is 18.9 Å². The van der Waals surface area contributed by atoms with Crippen LogP contribution in [0.25, 0.3) is 21.8 Å². The lowest BCUT2D eigenvalue weighted by Gasteiger charge is -2.51. The molecule has 0 N–H and O–H groups in total. The standard InChI is InChI=1S/C44H48N6O4/c1-5-27-25-49-19-15-29(27)21-39(49)43(33-13-17-45-37-9-7-31(51-3)23-35(33)37)53-41-11-12-42(48-47-41)54-44(40-22-30-16-20-50(40)26-28(30)6-2)34-14-18-46-38-10-8-32(52-4)24-36(34)38/h5-14,17-18,23-24,27-30,39-40,43-44H,1-2,15-16,19-22,25-26H2,3-4H3/t27-,28-,29-,30-,39-,40-,43+,44+/m0/s1. The van der Waals surface area contributed by atoms with Crippen LogP contribution < -0.4 is 18.9 Å². The normalized spacial score (nSPS) is 28.3. The zero-order chi connectivity index (χ0) is 36.8. The van der Waals surface area contributed by atoms with Gasteiger partial charge in [0.15, 0.2) is 0 Å². The van der Waals surface area contributed by atoms with E-state index in [1.165, 1.54) is 12.8 Å². The van der Waals surface area contributed by atoms with Crippen LogP contribution in [0.5, 0.6) is 23.3 Å². The van der Waals surface area contributed by atoms with Gasteiger partial charge in [0.1, 0.15) is 23.7 Å². The second-order valence-corrected chi connectivity index (χ2v) is 15.3. The molecular formula is C44H48N6O4. The van der Waals surface area contributed by atoms with Gasteiger partial charge in [-0.15, -0.1) is 23.4 Å². The fourth-order valence-corrected chi connectivity index (χ4v) is 9.82. The Labute approximate surface area is 316 Å². The third-order valence-corrected chi connectivity index (χ3v) is 12.7.